The minimum Gasteiger partial charge on any atom is -0.381 e. The molecule has 1 aliphatic rings. The molecule has 0 aromatic heterocycles. The van der Waals surface area contributed by atoms with Crippen LogP contribution in [-0.2, 0) is 4.79 Å². The van der Waals surface area contributed by atoms with Crippen molar-refractivity contribution in [1.29, 1.82) is 0 Å². The number of amides is 1. The van der Waals surface area contributed by atoms with Gasteiger partial charge < -0.3 is 16.0 Å². The Morgan fingerprint density at radius 2 is 1.95 bits per heavy atom. The van der Waals surface area contributed by atoms with Crippen molar-refractivity contribution in [1.82, 2.24) is 5.32 Å². The number of fused-ring (bicyclic) bond motifs is 1. The lowest BCUT2D eigenvalue weighted by Gasteiger charge is -2.28. The first-order valence-corrected chi connectivity index (χ1v) is 7.96. The number of hydrogen-bond acceptors (Lipinski definition) is 3. The Kier molecular flexibility index (Phi) is 5.48. The van der Waals surface area contributed by atoms with Crippen molar-refractivity contribution in [3.05, 3.63) is 24.3 Å². The van der Waals surface area contributed by atoms with Crippen LogP contribution >= 0.6 is 0 Å². The Bertz CT molecular complexity index is 473. The second-order valence-corrected chi connectivity index (χ2v) is 6.36. The Labute approximate surface area is 127 Å². The van der Waals surface area contributed by atoms with E-state index in [0.29, 0.717) is 6.54 Å². The second kappa shape index (κ2) is 7.34. The van der Waals surface area contributed by atoms with E-state index in [0.717, 1.165) is 30.1 Å². The van der Waals surface area contributed by atoms with Gasteiger partial charge >= 0.3 is 0 Å². The summed E-state index contributed by atoms with van der Waals surface area (Å²) in [7, 11) is 0. The molecule has 0 bridgehead atoms. The van der Waals surface area contributed by atoms with E-state index in [2.05, 4.69) is 36.7 Å². The summed E-state index contributed by atoms with van der Waals surface area (Å²) in [5.41, 5.74) is 2.06. The average molecular weight is 289 g/mol. The molecule has 0 fully saturated rings. The number of carbonyl (C=O) groups is 1. The molecule has 2 unspecified atom stereocenters. The molecule has 1 heterocycles. The van der Waals surface area contributed by atoms with Gasteiger partial charge in [-0.05, 0) is 31.4 Å². The molecule has 1 amide bonds. The van der Waals surface area contributed by atoms with Gasteiger partial charge in [-0.3, -0.25) is 4.79 Å². The lowest BCUT2D eigenvalue weighted by Crippen LogP contribution is -2.48. The number of nitrogens with one attached hydrogen (secondary N) is 3. The number of hydrogen-bond donors (Lipinski definition) is 3. The van der Waals surface area contributed by atoms with Gasteiger partial charge in [0.25, 0.3) is 0 Å². The summed E-state index contributed by atoms with van der Waals surface area (Å²) in [6, 6.07) is 8.01. The molecule has 1 aromatic carbocycles. The fourth-order valence-corrected chi connectivity index (χ4v) is 2.62. The third kappa shape index (κ3) is 4.66. The summed E-state index contributed by atoms with van der Waals surface area (Å²) in [6.07, 6.45) is 3.43. The summed E-state index contributed by atoms with van der Waals surface area (Å²) >= 11 is 0. The molecule has 21 heavy (non-hydrogen) atoms. The standard InChI is InChI=1S/C17H27N3O/c1-12(2)7-6-8-13(3)19-17(21)16-11-18-14-9-4-5-10-15(14)20-16/h4-5,9-10,12-13,16,18,20H,6-8,11H2,1-3H3,(H,19,21). The molecule has 0 saturated carbocycles. The van der Waals surface area contributed by atoms with Crippen molar-refractivity contribution in [2.24, 2.45) is 5.92 Å². The molecule has 2 atom stereocenters. The highest BCUT2D eigenvalue weighted by molar-refractivity contribution is 5.88. The summed E-state index contributed by atoms with van der Waals surface area (Å²) in [6.45, 7) is 7.18. The van der Waals surface area contributed by atoms with Crippen LogP contribution in [-0.4, -0.2) is 24.5 Å². The van der Waals surface area contributed by atoms with E-state index >= 15 is 0 Å². The van der Waals surface area contributed by atoms with E-state index in [1.165, 1.54) is 6.42 Å². The number of para-hydroxylation sites is 2. The van der Waals surface area contributed by atoms with E-state index < -0.39 is 0 Å². The van der Waals surface area contributed by atoms with E-state index in [1.807, 2.05) is 24.3 Å². The maximum atomic E-state index is 12.3. The van der Waals surface area contributed by atoms with Crippen LogP contribution in [0.25, 0.3) is 0 Å². The minimum absolute atomic E-state index is 0.0778. The maximum Gasteiger partial charge on any atom is 0.244 e. The van der Waals surface area contributed by atoms with Gasteiger partial charge in [0.2, 0.25) is 5.91 Å². The zero-order chi connectivity index (χ0) is 15.2. The van der Waals surface area contributed by atoms with Crippen molar-refractivity contribution in [2.45, 2.75) is 52.1 Å². The molecule has 4 nitrogen and oxygen atoms in total. The third-order valence-corrected chi connectivity index (χ3v) is 3.88. The fraction of sp³-hybridized carbons (Fsp3) is 0.588. The molecule has 0 spiro atoms. The number of rotatable bonds is 6. The zero-order valence-electron chi connectivity index (χ0n) is 13.3. The summed E-state index contributed by atoms with van der Waals surface area (Å²) in [5, 5.41) is 9.72. The average Bonchev–Trinajstić information content (AvgIpc) is 2.46. The molecule has 116 valence electrons. The Morgan fingerprint density at radius 1 is 1.24 bits per heavy atom. The smallest absolute Gasteiger partial charge is 0.244 e. The van der Waals surface area contributed by atoms with Gasteiger partial charge in [-0.15, -0.1) is 0 Å². The van der Waals surface area contributed by atoms with Crippen LogP contribution in [0, 0.1) is 5.92 Å². The molecule has 3 N–H and O–H groups in total. The van der Waals surface area contributed by atoms with Crippen LogP contribution in [0.5, 0.6) is 0 Å². The van der Waals surface area contributed by atoms with Gasteiger partial charge in [-0.25, -0.2) is 0 Å². The second-order valence-electron chi connectivity index (χ2n) is 6.36. The largest absolute Gasteiger partial charge is 0.381 e. The summed E-state index contributed by atoms with van der Waals surface area (Å²) < 4.78 is 0. The van der Waals surface area contributed by atoms with Gasteiger partial charge in [0.05, 0.1) is 11.4 Å². The maximum absolute atomic E-state index is 12.3. The highest BCUT2D eigenvalue weighted by Crippen LogP contribution is 2.25. The van der Waals surface area contributed by atoms with Crippen LogP contribution in [0.15, 0.2) is 24.3 Å². The van der Waals surface area contributed by atoms with Crippen LogP contribution < -0.4 is 16.0 Å². The molecule has 0 saturated heterocycles. The zero-order valence-corrected chi connectivity index (χ0v) is 13.3. The number of anilines is 2. The summed E-state index contributed by atoms with van der Waals surface area (Å²) in [5.74, 6) is 0.808. The minimum atomic E-state index is -0.201. The Morgan fingerprint density at radius 3 is 2.67 bits per heavy atom. The monoisotopic (exact) mass is 289 g/mol. The van der Waals surface area contributed by atoms with Gasteiger partial charge in [0.15, 0.2) is 0 Å². The van der Waals surface area contributed by atoms with Crippen LogP contribution in [0.3, 0.4) is 0 Å². The van der Waals surface area contributed by atoms with Crippen molar-refractivity contribution in [2.75, 3.05) is 17.2 Å². The van der Waals surface area contributed by atoms with E-state index in [4.69, 9.17) is 0 Å². The molecule has 1 aromatic rings. The first-order chi connectivity index (χ1) is 10.1. The molecule has 2 rings (SSSR count). The van der Waals surface area contributed by atoms with Gasteiger partial charge in [0.1, 0.15) is 6.04 Å². The van der Waals surface area contributed by atoms with Crippen LogP contribution in [0.2, 0.25) is 0 Å². The number of carbonyl (C=O) groups excluding carboxylic acids is 1. The first kappa shape index (κ1) is 15.7. The van der Waals surface area contributed by atoms with Crippen molar-refractivity contribution < 1.29 is 4.79 Å². The lowest BCUT2D eigenvalue weighted by molar-refractivity contribution is -0.122. The predicted molar refractivity (Wildman–Crippen MR) is 88.6 cm³/mol. The number of benzene rings is 1. The highest BCUT2D eigenvalue weighted by atomic mass is 16.2. The van der Waals surface area contributed by atoms with Crippen LogP contribution in [0.1, 0.15) is 40.0 Å². The SMILES string of the molecule is CC(C)CCCC(C)NC(=O)C1CNc2ccccc2N1. The van der Waals surface area contributed by atoms with E-state index in [9.17, 15) is 4.79 Å². The predicted octanol–water partition coefficient (Wildman–Crippen LogP) is 3.22. The van der Waals surface area contributed by atoms with Crippen molar-refractivity contribution in [3.63, 3.8) is 0 Å². The first-order valence-electron chi connectivity index (χ1n) is 7.96. The van der Waals surface area contributed by atoms with Gasteiger partial charge in [0, 0.05) is 12.6 Å². The molecular formula is C17H27N3O. The normalized spacial score (nSPS) is 18.4. The van der Waals surface area contributed by atoms with Gasteiger partial charge in [-0.2, -0.15) is 0 Å². The topological polar surface area (TPSA) is 53.2 Å². The van der Waals surface area contributed by atoms with Crippen molar-refractivity contribution >= 4 is 17.3 Å². The third-order valence-electron chi connectivity index (χ3n) is 3.88. The Hall–Kier alpha value is -1.71. The van der Waals surface area contributed by atoms with E-state index in [1.54, 1.807) is 0 Å². The molecule has 4 heteroatoms. The highest BCUT2D eigenvalue weighted by Gasteiger charge is 2.24. The van der Waals surface area contributed by atoms with Crippen molar-refractivity contribution in [3.8, 4) is 0 Å². The molecule has 1 aliphatic heterocycles. The quantitative estimate of drug-likeness (QED) is 0.753. The lowest BCUT2D eigenvalue weighted by atomic mass is 10.0. The Balaban J connectivity index is 1.79. The molecular weight excluding hydrogens is 262 g/mol. The van der Waals surface area contributed by atoms with Crippen LogP contribution in [0.4, 0.5) is 11.4 Å². The summed E-state index contributed by atoms with van der Waals surface area (Å²) in [4.78, 5) is 12.3. The van der Waals surface area contributed by atoms with Gasteiger partial charge in [-0.1, -0.05) is 38.8 Å². The van der Waals surface area contributed by atoms with E-state index in [-0.39, 0.29) is 18.0 Å². The molecule has 0 aliphatic carbocycles. The fourth-order valence-electron chi connectivity index (χ4n) is 2.62. The molecule has 0 radical (unpaired) electrons.